The van der Waals surface area contributed by atoms with E-state index in [0.29, 0.717) is 11.3 Å². The van der Waals surface area contributed by atoms with Crippen LogP contribution >= 0.6 is 23.2 Å². The number of hydrogen-bond donors (Lipinski definition) is 0. The van der Waals surface area contributed by atoms with Crippen molar-refractivity contribution in [1.82, 2.24) is 4.98 Å². The Kier molecular flexibility index (Phi) is 7.90. The molecule has 0 aliphatic heterocycles. The van der Waals surface area contributed by atoms with Gasteiger partial charge in [-0.2, -0.15) is 0 Å². The summed E-state index contributed by atoms with van der Waals surface area (Å²) < 4.78 is 21.0. The third-order valence-corrected chi connectivity index (χ3v) is 4.38. The number of ketones is 1. The molecule has 1 heterocycles. The number of carbonyl (C=O) groups excluding carboxylic acids is 2. The fourth-order valence-electron chi connectivity index (χ4n) is 2.46. The van der Waals surface area contributed by atoms with Crippen molar-refractivity contribution < 1.29 is 28.5 Å². The van der Waals surface area contributed by atoms with Crippen LogP contribution in [-0.4, -0.2) is 44.2 Å². The summed E-state index contributed by atoms with van der Waals surface area (Å²) >= 11 is 12.2. The van der Waals surface area contributed by atoms with Crippen LogP contribution in [0.1, 0.15) is 22.8 Å². The molecule has 0 saturated heterocycles. The topological polar surface area (TPSA) is 84.0 Å². The van der Waals surface area contributed by atoms with Crippen LogP contribution in [0.4, 0.5) is 0 Å². The lowest BCUT2D eigenvalue weighted by molar-refractivity contribution is -0.145. The number of nitrogens with zero attached hydrogens (tertiary/aromatic N) is 1. The number of esters is 1. The van der Waals surface area contributed by atoms with E-state index in [1.165, 1.54) is 32.7 Å². The van der Waals surface area contributed by atoms with Gasteiger partial charge in [-0.05, 0) is 19.1 Å². The number of ether oxygens (including phenoxy) is 4. The summed E-state index contributed by atoms with van der Waals surface area (Å²) in [7, 11) is 2.85. The van der Waals surface area contributed by atoms with Crippen molar-refractivity contribution in [2.75, 3.05) is 27.4 Å². The smallest absolute Gasteiger partial charge is 0.344 e. The van der Waals surface area contributed by atoms with Gasteiger partial charge in [-0.15, -0.1) is 0 Å². The highest BCUT2D eigenvalue weighted by Crippen LogP contribution is 2.40. The van der Waals surface area contributed by atoms with Gasteiger partial charge in [-0.1, -0.05) is 23.2 Å². The minimum absolute atomic E-state index is 0.0706. The lowest BCUT2D eigenvalue weighted by atomic mass is 10.0. The maximum atomic E-state index is 12.9. The van der Waals surface area contributed by atoms with E-state index in [2.05, 4.69) is 4.98 Å². The summed E-state index contributed by atoms with van der Waals surface area (Å²) in [5.41, 5.74) is 0.625. The molecule has 0 aliphatic rings. The lowest BCUT2D eigenvalue weighted by Gasteiger charge is -2.17. The fraction of sp³-hybridized carbons (Fsp3) is 0.316. The van der Waals surface area contributed by atoms with Crippen LogP contribution in [-0.2, 0) is 16.0 Å². The molecule has 0 amide bonds. The second kappa shape index (κ2) is 10.1. The highest BCUT2D eigenvalue weighted by Gasteiger charge is 2.23. The minimum Gasteiger partial charge on any atom is -0.493 e. The van der Waals surface area contributed by atoms with Gasteiger partial charge in [0.15, 0.2) is 23.9 Å². The van der Waals surface area contributed by atoms with Crippen molar-refractivity contribution in [3.8, 4) is 17.2 Å². The molecule has 0 radical (unpaired) electrons. The summed E-state index contributed by atoms with van der Waals surface area (Å²) in [6.07, 6.45) is 2.72. The van der Waals surface area contributed by atoms with Crippen LogP contribution < -0.4 is 14.2 Å². The summed E-state index contributed by atoms with van der Waals surface area (Å²) in [5.74, 6) is -0.315. The predicted molar refractivity (Wildman–Crippen MR) is 104 cm³/mol. The van der Waals surface area contributed by atoms with Gasteiger partial charge in [0, 0.05) is 24.4 Å². The maximum absolute atomic E-state index is 12.9. The Labute approximate surface area is 172 Å². The Morgan fingerprint density at radius 3 is 2.29 bits per heavy atom. The van der Waals surface area contributed by atoms with Gasteiger partial charge in [0.1, 0.15) is 0 Å². The van der Waals surface area contributed by atoms with E-state index in [1.54, 1.807) is 13.0 Å². The van der Waals surface area contributed by atoms with E-state index in [1.807, 2.05) is 0 Å². The van der Waals surface area contributed by atoms with Crippen molar-refractivity contribution in [2.24, 2.45) is 0 Å². The molecule has 2 aromatic rings. The van der Waals surface area contributed by atoms with Crippen LogP contribution in [0.3, 0.4) is 0 Å². The SMILES string of the molecule is CCOC(=O)COc1c(C(=O)Cc2c(Cl)cncc2Cl)ccc(OC)c1OC. The molecule has 0 unspecified atom stereocenters. The van der Waals surface area contributed by atoms with Gasteiger partial charge in [0.25, 0.3) is 0 Å². The van der Waals surface area contributed by atoms with Crippen LogP contribution in [0, 0.1) is 0 Å². The molecule has 0 saturated carbocycles. The average molecular weight is 428 g/mol. The first-order valence-corrected chi connectivity index (χ1v) is 9.02. The number of hydrogen-bond acceptors (Lipinski definition) is 7. The zero-order chi connectivity index (χ0) is 20.7. The molecule has 150 valence electrons. The Bertz CT molecular complexity index is 851. The fourth-order valence-corrected chi connectivity index (χ4v) is 2.96. The number of methoxy groups -OCH3 is 2. The standard InChI is InChI=1S/C19H19Cl2NO6/c1-4-27-17(24)10-28-18-11(5-6-16(25-2)19(18)26-3)15(23)7-12-13(20)8-22-9-14(12)21/h5-6,8-9H,4,7,10H2,1-3H3. The summed E-state index contributed by atoms with van der Waals surface area (Å²) in [6.45, 7) is 1.50. The molecule has 0 atom stereocenters. The van der Waals surface area contributed by atoms with E-state index >= 15 is 0 Å². The monoisotopic (exact) mass is 427 g/mol. The average Bonchev–Trinajstić information content (AvgIpc) is 2.68. The molecule has 0 aliphatic carbocycles. The zero-order valence-electron chi connectivity index (χ0n) is 15.6. The van der Waals surface area contributed by atoms with E-state index < -0.39 is 12.6 Å². The molecule has 7 nitrogen and oxygen atoms in total. The Morgan fingerprint density at radius 1 is 1.04 bits per heavy atom. The normalized spacial score (nSPS) is 10.3. The first kappa shape index (κ1) is 21.8. The third-order valence-electron chi connectivity index (χ3n) is 3.73. The Balaban J connectivity index is 2.41. The zero-order valence-corrected chi connectivity index (χ0v) is 17.1. The van der Waals surface area contributed by atoms with Crippen molar-refractivity contribution in [1.29, 1.82) is 0 Å². The Hall–Kier alpha value is -2.51. The summed E-state index contributed by atoms with van der Waals surface area (Å²) in [4.78, 5) is 28.5. The van der Waals surface area contributed by atoms with Crippen LogP contribution in [0.25, 0.3) is 0 Å². The molecule has 1 aromatic heterocycles. The van der Waals surface area contributed by atoms with E-state index in [-0.39, 0.29) is 45.9 Å². The molecule has 9 heteroatoms. The van der Waals surface area contributed by atoms with Crippen LogP contribution in [0.5, 0.6) is 17.2 Å². The lowest BCUT2D eigenvalue weighted by Crippen LogP contribution is -2.17. The summed E-state index contributed by atoms with van der Waals surface area (Å²) in [6, 6.07) is 3.09. The predicted octanol–water partition coefficient (Wildman–Crippen LogP) is 3.77. The van der Waals surface area contributed by atoms with Gasteiger partial charge in [-0.3, -0.25) is 9.78 Å². The second-order valence-corrected chi connectivity index (χ2v) is 6.27. The molecule has 0 fully saturated rings. The molecule has 0 bridgehead atoms. The molecule has 2 rings (SSSR count). The van der Waals surface area contributed by atoms with E-state index in [9.17, 15) is 9.59 Å². The van der Waals surface area contributed by atoms with Crippen molar-refractivity contribution >= 4 is 35.0 Å². The van der Waals surface area contributed by atoms with Crippen LogP contribution in [0.15, 0.2) is 24.5 Å². The van der Waals surface area contributed by atoms with Gasteiger partial charge in [0.05, 0.1) is 36.4 Å². The van der Waals surface area contributed by atoms with Crippen molar-refractivity contribution in [2.45, 2.75) is 13.3 Å². The number of aromatic nitrogens is 1. The highest BCUT2D eigenvalue weighted by atomic mass is 35.5. The molecule has 0 spiro atoms. The van der Waals surface area contributed by atoms with E-state index in [4.69, 9.17) is 42.1 Å². The number of pyridine rings is 1. The van der Waals surface area contributed by atoms with Gasteiger partial charge < -0.3 is 18.9 Å². The van der Waals surface area contributed by atoms with Crippen LogP contribution in [0.2, 0.25) is 10.0 Å². The maximum Gasteiger partial charge on any atom is 0.344 e. The number of halogens is 2. The largest absolute Gasteiger partial charge is 0.493 e. The first-order valence-electron chi connectivity index (χ1n) is 8.27. The number of Topliss-reactive ketones (excluding diaryl/α,β-unsaturated/α-hetero) is 1. The van der Waals surface area contributed by atoms with E-state index in [0.717, 1.165) is 0 Å². The molecular weight excluding hydrogens is 409 g/mol. The van der Waals surface area contributed by atoms with Gasteiger partial charge in [0.2, 0.25) is 5.75 Å². The molecule has 28 heavy (non-hydrogen) atoms. The number of carbonyl (C=O) groups is 2. The first-order chi connectivity index (χ1) is 13.4. The van der Waals surface area contributed by atoms with Gasteiger partial charge in [-0.25, -0.2) is 4.79 Å². The minimum atomic E-state index is -0.578. The quantitative estimate of drug-likeness (QED) is 0.444. The third kappa shape index (κ3) is 5.05. The second-order valence-electron chi connectivity index (χ2n) is 5.45. The Morgan fingerprint density at radius 2 is 1.71 bits per heavy atom. The number of benzene rings is 1. The number of rotatable bonds is 9. The summed E-state index contributed by atoms with van der Waals surface area (Å²) in [5, 5.41) is 0.547. The van der Waals surface area contributed by atoms with Crippen molar-refractivity contribution in [3.63, 3.8) is 0 Å². The molecule has 0 N–H and O–H groups in total. The molecular formula is C19H19Cl2NO6. The van der Waals surface area contributed by atoms with Gasteiger partial charge >= 0.3 is 5.97 Å². The highest BCUT2D eigenvalue weighted by molar-refractivity contribution is 6.36. The van der Waals surface area contributed by atoms with Crippen molar-refractivity contribution in [3.05, 3.63) is 45.7 Å². The molecule has 1 aromatic carbocycles.